The first-order valence-corrected chi connectivity index (χ1v) is 11.7. The highest BCUT2D eigenvalue weighted by atomic mass is 35.5. The summed E-state index contributed by atoms with van der Waals surface area (Å²) < 4.78 is 49.9. The molecule has 3 heterocycles. The second kappa shape index (κ2) is 7.36. The lowest BCUT2D eigenvalue weighted by Crippen LogP contribution is -2.53. The van der Waals surface area contributed by atoms with E-state index < -0.39 is 25.1 Å². The molecule has 0 aromatic rings. The van der Waals surface area contributed by atoms with Gasteiger partial charge in [0.05, 0.1) is 16.8 Å². The fourth-order valence-electron chi connectivity index (χ4n) is 3.89. The van der Waals surface area contributed by atoms with Gasteiger partial charge < -0.3 is 10.2 Å². The molecule has 3 rings (SSSR count). The number of rotatable bonds is 4. The van der Waals surface area contributed by atoms with Gasteiger partial charge >= 0.3 is 0 Å². The molecule has 0 saturated carbocycles. The second-order valence-electron chi connectivity index (χ2n) is 7.48. The van der Waals surface area contributed by atoms with Gasteiger partial charge in [-0.25, -0.2) is 16.8 Å². The van der Waals surface area contributed by atoms with Gasteiger partial charge in [-0.05, 0) is 24.8 Å². The molecule has 1 N–H and O–H groups in total. The van der Waals surface area contributed by atoms with E-state index in [1.165, 1.54) is 4.31 Å². The van der Waals surface area contributed by atoms with E-state index in [2.05, 4.69) is 17.1 Å². The van der Waals surface area contributed by atoms with E-state index in [0.29, 0.717) is 13.1 Å². The smallest absolute Gasteiger partial charge is 0.218 e. The minimum atomic E-state index is -3.48. The third-order valence-corrected chi connectivity index (χ3v) is 9.67. The zero-order valence-electron chi connectivity index (χ0n) is 14.1. The summed E-state index contributed by atoms with van der Waals surface area (Å²) in [4.78, 5) is 2.34. The molecule has 2 atom stereocenters. The molecule has 3 aliphatic rings. The number of nitrogens with zero attached hydrogens (tertiary/aromatic N) is 2. The highest BCUT2D eigenvalue weighted by Crippen LogP contribution is 2.27. The Morgan fingerprint density at radius 3 is 2.38 bits per heavy atom. The fourth-order valence-corrected chi connectivity index (χ4v) is 8.40. The Hall–Kier alpha value is 0.0700. The number of halogens is 1. The number of hydrogen-bond acceptors (Lipinski definition) is 6. The van der Waals surface area contributed by atoms with Crippen LogP contribution in [0.3, 0.4) is 0 Å². The molecule has 2 unspecified atom stereocenters. The molecule has 24 heavy (non-hydrogen) atoms. The molecule has 7 nitrogen and oxygen atoms in total. The number of nitrogens with one attached hydrogen (secondary N) is 1. The molecule has 0 aromatic heterocycles. The van der Waals surface area contributed by atoms with Gasteiger partial charge in [0.15, 0.2) is 9.84 Å². The maximum absolute atomic E-state index is 12.6. The zero-order valence-corrected chi connectivity index (χ0v) is 16.6. The molecule has 0 bridgehead atoms. The molecule has 0 amide bonds. The SMILES string of the molecule is CC1(CN2CCN(S(=O)(=O)C3CCS(=O)(=O)C3)CC2)CCNC1.Cl. The summed E-state index contributed by atoms with van der Waals surface area (Å²) in [6.07, 6.45) is 1.40. The predicted molar refractivity (Wildman–Crippen MR) is 96.8 cm³/mol. The van der Waals surface area contributed by atoms with Crippen LogP contribution in [-0.4, -0.2) is 88.6 Å². The van der Waals surface area contributed by atoms with Crippen molar-refractivity contribution in [1.82, 2.24) is 14.5 Å². The molecule has 142 valence electrons. The Morgan fingerprint density at radius 2 is 1.88 bits per heavy atom. The largest absolute Gasteiger partial charge is 0.316 e. The van der Waals surface area contributed by atoms with Crippen LogP contribution in [0.1, 0.15) is 19.8 Å². The van der Waals surface area contributed by atoms with Crippen molar-refractivity contribution in [2.75, 3.05) is 57.3 Å². The summed E-state index contributed by atoms with van der Waals surface area (Å²) in [5, 5.41) is 2.65. The van der Waals surface area contributed by atoms with Crippen molar-refractivity contribution in [3.63, 3.8) is 0 Å². The van der Waals surface area contributed by atoms with Crippen LogP contribution in [0.15, 0.2) is 0 Å². The summed E-state index contributed by atoms with van der Waals surface area (Å²) in [5.41, 5.74) is 0.278. The summed E-state index contributed by atoms with van der Waals surface area (Å²) >= 11 is 0. The van der Waals surface area contributed by atoms with Gasteiger partial charge in [0.25, 0.3) is 0 Å². The van der Waals surface area contributed by atoms with Crippen LogP contribution in [0.25, 0.3) is 0 Å². The Kier molecular flexibility index (Phi) is 6.25. The van der Waals surface area contributed by atoms with E-state index in [4.69, 9.17) is 0 Å². The minimum Gasteiger partial charge on any atom is -0.316 e. The molecule has 0 aliphatic carbocycles. The monoisotopic (exact) mass is 401 g/mol. The van der Waals surface area contributed by atoms with Crippen LogP contribution in [0.4, 0.5) is 0 Å². The highest BCUT2D eigenvalue weighted by molar-refractivity contribution is 7.95. The lowest BCUT2D eigenvalue weighted by molar-refractivity contribution is 0.132. The minimum absolute atomic E-state index is 0. The summed E-state index contributed by atoms with van der Waals surface area (Å²) in [6.45, 7) is 7.75. The summed E-state index contributed by atoms with van der Waals surface area (Å²) in [7, 11) is -6.66. The van der Waals surface area contributed by atoms with Gasteiger partial charge in [0.2, 0.25) is 10.0 Å². The third-order valence-electron chi connectivity index (χ3n) is 5.37. The van der Waals surface area contributed by atoms with Crippen LogP contribution < -0.4 is 5.32 Å². The lowest BCUT2D eigenvalue weighted by atomic mass is 9.89. The first kappa shape index (κ1) is 20.4. The first-order valence-electron chi connectivity index (χ1n) is 8.33. The molecule has 0 aromatic carbocycles. The normalized spacial score (nSPS) is 35.0. The van der Waals surface area contributed by atoms with E-state index in [-0.39, 0.29) is 35.7 Å². The standard InChI is InChI=1S/C14H27N3O4S2.ClH/c1-14(3-4-15-11-14)12-16-5-7-17(8-6-16)23(20,21)13-2-9-22(18,19)10-13;/h13,15H,2-12H2,1H3;1H. The maximum atomic E-state index is 12.6. The third kappa shape index (κ3) is 4.42. The zero-order chi connectivity index (χ0) is 16.7. The quantitative estimate of drug-likeness (QED) is 0.686. The van der Waals surface area contributed by atoms with Crippen molar-refractivity contribution in [3.8, 4) is 0 Å². The van der Waals surface area contributed by atoms with Crippen molar-refractivity contribution >= 4 is 32.3 Å². The van der Waals surface area contributed by atoms with Crippen LogP contribution in [0, 0.1) is 5.41 Å². The van der Waals surface area contributed by atoms with E-state index in [0.717, 1.165) is 39.1 Å². The summed E-state index contributed by atoms with van der Waals surface area (Å²) in [5.74, 6) is -0.207. The molecule has 0 spiro atoms. The van der Waals surface area contributed by atoms with Crippen LogP contribution in [0.2, 0.25) is 0 Å². The Bertz CT molecular complexity index is 639. The lowest BCUT2D eigenvalue weighted by Gasteiger charge is -2.38. The van der Waals surface area contributed by atoms with Gasteiger partial charge in [-0.3, -0.25) is 0 Å². The first-order chi connectivity index (χ1) is 10.7. The summed E-state index contributed by atoms with van der Waals surface area (Å²) in [6, 6.07) is 0. The number of hydrogen-bond donors (Lipinski definition) is 1. The molecule has 3 aliphatic heterocycles. The van der Waals surface area contributed by atoms with E-state index in [1.807, 2.05) is 0 Å². The highest BCUT2D eigenvalue weighted by Gasteiger charge is 2.41. The molecule has 10 heteroatoms. The van der Waals surface area contributed by atoms with Crippen LogP contribution in [0.5, 0.6) is 0 Å². The van der Waals surface area contributed by atoms with Gasteiger partial charge in [-0.1, -0.05) is 6.92 Å². The van der Waals surface area contributed by atoms with Crippen molar-refractivity contribution in [2.24, 2.45) is 5.41 Å². The Morgan fingerprint density at radius 1 is 1.21 bits per heavy atom. The van der Waals surface area contributed by atoms with Crippen LogP contribution in [-0.2, 0) is 19.9 Å². The van der Waals surface area contributed by atoms with Gasteiger partial charge in [-0.15, -0.1) is 12.4 Å². The molecule has 3 saturated heterocycles. The maximum Gasteiger partial charge on any atom is 0.218 e. The Balaban J connectivity index is 0.00000208. The van der Waals surface area contributed by atoms with Gasteiger partial charge in [0.1, 0.15) is 0 Å². The predicted octanol–water partition coefficient (Wildman–Crippen LogP) is -0.458. The average Bonchev–Trinajstić information content (AvgIpc) is 3.06. The van der Waals surface area contributed by atoms with E-state index in [1.54, 1.807) is 0 Å². The van der Waals surface area contributed by atoms with Crippen molar-refractivity contribution < 1.29 is 16.8 Å². The van der Waals surface area contributed by atoms with Gasteiger partial charge in [-0.2, -0.15) is 4.31 Å². The van der Waals surface area contributed by atoms with Gasteiger partial charge in [0, 0.05) is 39.3 Å². The second-order valence-corrected chi connectivity index (χ2v) is 11.9. The van der Waals surface area contributed by atoms with Crippen molar-refractivity contribution in [1.29, 1.82) is 0 Å². The van der Waals surface area contributed by atoms with Crippen LogP contribution >= 0.6 is 12.4 Å². The molecular formula is C14H28ClN3O4S2. The topological polar surface area (TPSA) is 86.8 Å². The fraction of sp³-hybridized carbons (Fsp3) is 1.00. The van der Waals surface area contributed by atoms with Crippen molar-refractivity contribution in [3.05, 3.63) is 0 Å². The van der Waals surface area contributed by atoms with E-state index >= 15 is 0 Å². The number of sulfonamides is 1. The average molecular weight is 402 g/mol. The van der Waals surface area contributed by atoms with Crippen molar-refractivity contribution in [2.45, 2.75) is 25.0 Å². The molecule has 3 fully saturated rings. The number of piperazine rings is 1. The van der Waals surface area contributed by atoms with E-state index in [9.17, 15) is 16.8 Å². The molecule has 0 radical (unpaired) electrons. The Labute approximate surface area is 151 Å². The number of sulfone groups is 1. The molecular weight excluding hydrogens is 374 g/mol.